The number of benzene rings is 1. The third-order valence-electron chi connectivity index (χ3n) is 2.83. The summed E-state index contributed by atoms with van der Waals surface area (Å²) >= 11 is 0. The summed E-state index contributed by atoms with van der Waals surface area (Å²) in [6.07, 6.45) is 1.76. The highest BCUT2D eigenvalue weighted by Gasteiger charge is 2.24. The van der Waals surface area contributed by atoms with Gasteiger partial charge in [0.25, 0.3) is 0 Å². The van der Waals surface area contributed by atoms with Crippen molar-refractivity contribution < 1.29 is 14.3 Å². The molecule has 0 unspecified atom stereocenters. The molecule has 2 rings (SSSR count). The Morgan fingerprint density at radius 1 is 1.38 bits per heavy atom. The predicted molar refractivity (Wildman–Crippen MR) is 61.5 cm³/mol. The smallest absolute Gasteiger partial charge is 0.304 e. The molecule has 1 aromatic heterocycles. The van der Waals surface area contributed by atoms with Gasteiger partial charge in [0.05, 0.1) is 12.7 Å². The van der Waals surface area contributed by atoms with Crippen molar-refractivity contribution in [3.63, 3.8) is 0 Å². The van der Waals surface area contributed by atoms with E-state index in [4.69, 9.17) is 9.52 Å². The summed E-state index contributed by atoms with van der Waals surface area (Å²) in [6.45, 7) is 3.87. The quantitative estimate of drug-likeness (QED) is 0.860. The first-order chi connectivity index (χ1) is 7.49. The Balaban J connectivity index is 2.41. The maximum absolute atomic E-state index is 10.8. The van der Waals surface area contributed by atoms with Crippen LogP contribution in [0, 0.1) is 0 Å². The molecular weight excluding hydrogens is 204 g/mol. The Kier molecular flexibility index (Phi) is 2.46. The van der Waals surface area contributed by atoms with E-state index >= 15 is 0 Å². The molecule has 0 amide bonds. The molecule has 3 nitrogen and oxygen atoms in total. The van der Waals surface area contributed by atoms with Gasteiger partial charge in [-0.2, -0.15) is 0 Å². The Morgan fingerprint density at radius 3 is 2.81 bits per heavy atom. The standard InChI is InChI=1S/C13H14O3/c1-13(2,8-12(14)15)10-3-4-11-9(7-10)5-6-16-11/h3-7H,8H2,1-2H3,(H,14,15). The summed E-state index contributed by atoms with van der Waals surface area (Å²) in [5.41, 5.74) is 1.48. The third kappa shape index (κ3) is 1.94. The summed E-state index contributed by atoms with van der Waals surface area (Å²) in [7, 11) is 0. The lowest BCUT2D eigenvalue weighted by atomic mass is 9.81. The number of aliphatic carboxylic acids is 1. The molecule has 1 heterocycles. The van der Waals surface area contributed by atoms with Gasteiger partial charge in [-0.05, 0) is 23.8 Å². The first-order valence-corrected chi connectivity index (χ1v) is 5.18. The summed E-state index contributed by atoms with van der Waals surface area (Å²) in [5.74, 6) is -0.780. The Morgan fingerprint density at radius 2 is 2.12 bits per heavy atom. The minimum absolute atomic E-state index is 0.121. The molecule has 0 saturated heterocycles. The summed E-state index contributed by atoms with van der Waals surface area (Å²) in [6, 6.07) is 7.68. The van der Waals surface area contributed by atoms with Gasteiger partial charge in [0, 0.05) is 10.8 Å². The molecule has 0 radical (unpaired) electrons. The molecule has 0 saturated carbocycles. The SMILES string of the molecule is CC(C)(CC(=O)O)c1ccc2occc2c1. The fourth-order valence-electron chi connectivity index (χ4n) is 1.87. The number of furan rings is 1. The van der Waals surface area contributed by atoms with Crippen molar-refractivity contribution in [3.05, 3.63) is 36.1 Å². The molecular formula is C13H14O3. The second kappa shape index (κ2) is 3.67. The highest BCUT2D eigenvalue weighted by molar-refractivity contribution is 5.78. The zero-order chi connectivity index (χ0) is 11.8. The Hall–Kier alpha value is -1.77. The highest BCUT2D eigenvalue weighted by atomic mass is 16.4. The van der Waals surface area contributed by atoms with Crippen LogP contribution in [0.15, 0.2) is 34.9 Å². The summed E-state index contributed by atoms with van der Waals surface area (Å²) < 4.78 is 5.25. The number of hydrogen-bond donors (Lipinski definition) is 1. The van der Waals surface area contributed by atoms with E-state index < -0.39 is 5.97 Å². The predicted octanol–water partition coefficient (Wildman–Crippen LogP) is 3.19. The summed E-state index contributed by atoms with van der Waals surface area (Å²) in [4.78, 5) is 10.8. The van der Waals surface area contributed by atoms with Gasteiger partial charge < -0.3 is 9.52 Å². The van der Waals surface area contributed by atoms with Gasteiger partial charge in [-0.25, -0.2) is 0 Å². The van der Waals surface area contributed by atoms with Crippen molar-refractivity contribution in [2.45, 2.75) is 25.7 Å². The van der Waals surface area contributed by atoms with E-state index in [-0.39, 0.29) is 11.8 Å². The Bertz CT molecular complexity index is 523. The van der Waals surface area contributed by atoms with Crippen LogP contribution < -0.4 is 0 Å². The number of carboxylic acid groups (broad SMARTS) is 1. The molecule has 1 aromatic carbocycles. The topological polar surface area (TPSA) is 50.4 Å². The second-order valence-corrected chi connectivity index (χ2v) is 4.63. The van der Waals surface area contributed by atoms with Crippen LogP contribution in [0.1, 0.15) is 25.8 Å². The van der Waals surface area contributed by atoms with Crippen LogP contribution in [0.2, 0.25) is 0 Å². The van der Waals surface area contributed by atoms with Gasteiger partial charge in [0.15, 0.2) is 0 Å². The first kappa shape index (κ1) is 10.7. The van der Waals surface area contributed by atoms with Gasteiger partial charge in [0.2, 0.25) is 0 Å². The molecule has 0 spiro atoms. The van der Waals surface area contributed by atoms with E-state index in [1.807, 2.05) is 38.1 Å². The third-order valence-corrected chi connectivity index (χ3v) is 2.83. The number of rotatable bonds is 3. The van der Waals surface area contributed by atoms with E-state index in [0.717, 1.165) is 16.5 Å². The molecule has 0 aliphatic carbocycles. The highest BCUT2D eigenvalue weighted by Crippen LogP contribution is 2.29. The molecule has 0 atom stereocenters. The molecule has 0 aliphatic rings. The van der Waals surface area contributed by atoms with Crippen LogP contribution in [0.5, 0.6) is 0 Å². The number of carboxylic acids is 1. The molecule has 0 aliphatic heterocycles. The average Bonchev–Trinajstić information content (AvgIpc) is 2.61. The zero-order valence-corrected chi connectivity index (χ0v) is 9.36. The van der Waals surface area contributed by atoms with E-state index in [2.05, 4.69) is 0 Å². The van der Waals surface area contributed by atoms with Crippen molar-refractivity contribution in [3.8, 4) is 0 Å². The van der Waals surface area contributed by atoms with Crippen LogP contribution in [-0.4, -0.2) is 11.1 Å². The lowest BCUT2D eigenvalue weighted by Crippen LogP contribution is -2.21. The van der Waals surface area contributed by atoms with Gasteiger partial charge in [-0.1, -0.05) is 19.9 Å². The minimum atomic E-state index is -0.780. The van der Waals surface area contributed by atoms with Crippen molar-refractivity contribution in [2.24, 2.45) is 0 Å². The number of carbonyl (C=O) groups is 1. The molecule has 3 heteroatoms. The fraction of sp³-hybridized carbons (Fsp3) is 0.308. The van der Waals surface area contributed by atoms with Gasteiger partial charge >= 0.3 is 5.97 Å². The number of fused-ring (bicyclic) bond motifs is 1. The van der Waals surface area contributed by atoms with Crippen LogP contribution in [0.3, 0.4) is 0 Å². The molecule has 84 valence electrons. The molecule has 16 heavy (non-hydrogen) atoms. The second-order valence-electron chi connectivity index (χ2n) is 4.63. The van der Waals surface area contributed by atoms with Gasteiger partial charge in [-0.15, -0.1) is 0 Å². The van der Waals surface area contributed by atoms with Crippen LogP contribution in [-0.2, 0) is 10.2 Å². The van der Waals surface area contributed by atoms with Crippen molar-refractivity contribution >= 4 is 16.9 Å². The minimum Gasteiger partial charge on any atom is -0.481 e. The molecule has 0 fully saturated rings. The van der Waals surface area contributed by atoms with E-state index in [9.17, 15) is 4.79 Å². The van der Waals surface area contributed by atoms with Crippen LogP contribution in [0.25, 0.3) is 11.0 Å². The lowest BCUT2D eigenvalue weighted by Gasteiger charge is -2.22. The normalized spacial score (nSPS) is 11.9. The van der Waals surface area contributed by atoms with Crippen molar-refractivity contribution in [2.75, 3.05) is 0 Å². The van der Waals surface area contributed by atoms with E-state index in [1.165, 1.54) is 0 Å². The van der Waals surface area contributed by atoms with Crippen molar-refractivity contribution in [1.29, 1.82) is 0 Å². The maximum atomic E-state index is 10.8. The monoisotopic (exact) mass is 218 g/mol. The van der Waals surface area contributed by atoms with Crippen LogP contribution >= 0.6 is 0 Å². The van der Waals surface area contributed by atoms with Gasteiger partial charge in [0.1, 0.15) is 5.58 Å². The van der Waals surface area contributed by atoms with E-state index in [1.54, 1.807) is 6.26 Å². The van der Waals surface area contributed by atoms with E-state index in [0.29, 0.717) is 0 Å². The van der Waals surface area contributed by atoms with Gasteiger partial charge in [-0.3, -0.25) is 4.79 Å². The Labute approximate surface area is 93.7 Å². The average molecular weight is 218 g/mol. The largest absolute Gasteiger partial charge is 0.481 e. The summed E-state index contributed by atoms with van der Waals surface area (Å²) in [5, 5.41) is 9.88. The molecule has 2 aromatic rings. The fourth-order valence-corrected chi connectivity index (χ4v) is 1.87. The number of hydrogen-bond acceptors (Lipinski definition) is 2. The lowest BCUT2D eigenvalue weighted by molar-refractivity contribution is -0.138. The maximum Gasteiger partial charge on any atom is 0.304 e. The zero-order valence-electron chi connectivity index (χ0n) is 9.36. The first-order valence-electron chi connectivity index (χ1n) is 5.18. The van der Waals surface area contributed by atoms with Crippen molar-refractivity contribution in [1.82, 2.24) is 0 Å². The molecule has 0 bridgehead atoms. The van der Waals surface area contributed by atoms with Crippen LogP contribution in [0.4, 0.5) is 0 Å². The molecule has 1 N–H and O–H groups in total.